The quantitative estimate of drug-likeness (QED) is 0.800. The lowest BCUT2D eigenvalue weighted by molar-refractivity contribution is -0.119. The fourth-order valence-corrected chi connectivity index (χ4v) is 2.70. The van der Waals surface area contributed by atoms with E-state index >= 15 is 0 Å². The Balaban J connectivity index is 2.28. The van der Waals surface area contributed by atoms with Crippen LogP contribution in [0.3, 0.4) is 0 Å². The first-order valence-corrected chi connectivity index (χ1v) is 8.01. The van der Waals surface area contributed by atoms with Gasteiger partial charge in [-0.2, -0.15) is 0 Å². The molecule has 0 bridgehead atoms. The van der Waals surface area contributed by atoms with E-state index in [2.05, 4.69) is 4.72 Å². The molecule has 0 aliphatic carbocycles. The van der Waals surface area contributed by atoms with Gasteiger partial charge in [0.25, 0.3) is 7.12 Å². The zero-order valence-corrected chi connectivity index (χ0v) is 12.1. The predicted molar refractivity (Wildman–Crippen MR) is 77.2 cm³/mol. The highest BCUT2D eigenvalue weighted by atomic mass is 32.2. The summed E-state index contributed by atoms with van der Waals surface area (Å²) in [7, 11) is -0.286. The Morgan fingerprint density at radius 3 is 2.79 bits per heavy atom. The van der Waals surface area contributed by atoms with Crippen molar-refractivity contribution in [3.8, 4) is 0 Å². The molecule has 1 N–H and O–H groups in total. The first-order valence-electron chi connectivity index (χ1n) is 6.12. The van der Waals surface area contributed by atoms with Crippen molar-refractivity contribution in [1.29, 1.82) is 0 Å². The minimum absolute atomic E-state index is 0.113. The number of anilines is 1. The second kappa shape index (κ2) is 4.98. The molecular formula is C12H17BN2O3S. The van der Waals surface area contributed by atoms with Crippen LogP contribution in [0.2, 0.25) is 0 Å². The van der Waals surface area contributed by atoms with Crippen molar-refractivity contribution in [2.24, 2.45) is 0 Å². The van der Waals surface area contributed by atoms with Crippen LogP contribution in [0.4, 0.5) is 5.69 Å². The van der Waals surface area contributed by atoms with Gasteiger partial charge in [0.05, 0.1) is 0 Å². The molecule has 0 fully saturated rings. The zero-order valence-electron chi connectivity index (χ0n) is 11.3. The number of rotatable bonds is 3. The van der Waals surface area contributed by atoms with Crippen LogP contribution in [-0.2, 0) is 21.2 Å². The van der Waals surface area contributed by atoms with Gasteiger partial charge in [-0.25, -0.2) is 13.1 Å². The summed E-state index contributed by atoms with van der Waals surface area (Å²) >= 11 is 0. The number of fused-ring (bicyclic) bond motifs is 1. The molecule has 1 amide bonds. The average Bonchev–Trinajstić information content (AvgIpc) is 2.32. The molecule has 1 unspecified atom stereocenters. The van der Waals surface area contributed by atoms with E-state index in [1.165, 1.54) is 0 Å². The Morgan fingerprint density at radius 2 is 2.16 bits per heavy atom. The molecule has 1 heterocycles. The molecule has 0 aromatic heterocycles. The maximum Gasteiger partial charge on any atom is 0.275 e. The van der Waals surface area contributed by atoms with Crippen LogP contribution in [0.1, 0.15) is 30.4 Å². The van der Waals surface area contributed by atoms with Crippen LogP contribution in [0.15, 0.2) is 18.2 Å². The lowest BCUT2D eigenvalue weighted by Crippen LogP contribution is -2.32. The lowest BCUT2D eigenvalue weighted by atomic mass is 9.90. The molecule has 1 atom stereocenters. The summed E-state index contributed by atoms with van der Waals surface area (Å²) < 4.78 is 24.6. The number of hydrogen-bond donors (Lipinski definition) is 1. The number of hydrogen-bond acceptors (Lipinski definition) is 3. The molecule has 102 valence electrons. The summed E-state index contributed by atoms with van der Waals surface area (Å²) in [5.41, 5.74) is 2.90. The van der Waals surface area contributed by atoms with Gasteiger partial charge in [0.2, 0.25) is 5.91 Å². The fourth-order valence-electron chi connectivity index (χ4n) is 2.27. The van der Waals surface area contributed by atoms with Crippen LogP contribution >= 0.6 is 0 Å². The van der Waals surface area contributed by atoms with Gasteiger partial charge in [-0.15, -0.1) is 0 Å². The third kappa shape index (κ3) is 3.16. The van der Waals surface area contributed by atoms with Gasteiger partial charge in [-0.3, -0.25) is 4.79 Å². The molecule has 1 aromatic carbocycles. The Kier molecular flexibility index (Phi) is 3.69. The van der Waals surface area contributed by atoms with Crippen molar-refractivity contribution in [3.63, 3.8) is 0 Å². The number of carbonyl (C=O) groups is 1. The largest absolute Gasteiger partial charge is 0.315 e. The monoisotopic (exact) mass is 280 g/mol. The Morgan fingerprint density at radius 1 is 1.47 bits per heavy atom. The molecule has 2 rings (SSSR count). The highest BCUT2D eigenvalue weighted by Crippen LogP contribution is 2.35. The molecule has 0 spiro atoms. The normalized spacial score (nSPS) is 19.4. The lowest BCUT2D eigenvalue weighted by Gasteiger charge is -2.30. The smallest absolute Gasteiger partial charge is 0.275 e. The second-order valence-electron chi connectivity index (χ2n) is 5.04. The molecule has 0 radical (unpaired) electrons. The summed E-state index contributed by atoms with van der Waals surface area (Å²) in [6.07, 6.45) is 0.493. The topological polar surface area (TPSA) is 66.5 Å². The first-order chi connectivity index (χ1) is 8.78. The number of benzene rings is 1. The molecule has 19 heavy (non-hydrogen) atoms. The molecular weight excluding hydrogens is 263 g/mol. The third-order valence-corrected chi connectivity index (χ3v) is 4.05. The van der Waals surface area contributed by atoms with Crippen LogP contribution in [0.5, 0.6) is 0 Å². The van der Waals surface area contributed by atoms with E-state index in [0.717, 1.165) is 23.9 Å². The van der Waals surface area contributed by atoms with E-state index in [-0.39, 0.29) is 18.4 Å². The molecule has 1 aliphatic heterocycles. The predicted octanol–water partition coefficient (Wildman–Crippen LogP) is 0.124. The minimum Gasteiger partial charge on any atom is -0.315 e. The van der Waals surface area contributed by atoms with E-state index < -0.39 is 9.87 Å². The minimum atomic E-state index is -3.19. The summed E-state index contributed by atoms with van der Waals surface area (Å²) in [5, 5.41) is 0. The maximum atomic E-state index is 11.7. The number of nitrogens with zero attached hydrogens (tertiary/aromatic N) is 1. The fraction of sp³-hybridized carbons (Fsp3) is 0.417. The molecule has 7 heteroatoms. The standard InChI is InChI=1S/C12H17BN2O3S/c1-8-5-12(16)15(2)11-4-3-9(6-10(8)11)7-14-19(13,17)18/h3-4,6,8,14H,5,7,13H2,1-2H3. The zero-order chi connectivity index (χ0) is 14.2. The summed E-state index contributed by atoms with van der Waals surface area (Å²) in [5.74, 6) is 0.277. The van der Waals surface area contributed by atoms with E-state index in [0.29, 0.717) is 6.42 Å². The van der Waals surface area contributed by atoms with E-state index in [9.17, 15) is 13.2 Å². The molecule has 0 saturated carbocycles. The van der Waals surface area contributed by atoms with Crippen molar-refractivity contribution >= 4 is 28.6 Å². The average molecular weight is 280 g/mol. The Hall–Kier alpha value is -1.34. The second-order valence-corrected chi connectivity index (χ2v) is 6.88. The molecule has 1 aromatic rings. The van der Waals surface area contributed by atoms with Crippen LogP contribution < -0.4 is 9.62 Å². The van der Waals surface area contributed by atoms with Crippen molar-refractivity contribution in [2.75, 3.05) is 11.9 Å². The Bertz CT molecular complexity index is 615. The maximum absolute atomic E-state index is 11.7. The highest BCUT2D eigenvalue weighted by Gasteiger charge is 2.26. The van der Waals surface area contributed by atoms with Gasteiger partial charge in [0.15, 0.2) is 9.87 Å². The van der Waals surface area contributed by atoms with Crippen molar-refractivity contribution in [2.45, 2.75) is 25.8 Å². The van der Waals surface area contributed by atoms with Crippen LogP contribution in [0.25, 0.3) is 0 Å². The summed E-state index contributed by atoms with van der Waals surface area (Å²) in [6, 6.07) is 5.70. The van der Waals surface area contributed by atoms with Gasteiger partial charge < -0.3 is 4.90 Å². The highest BCUT2D eigenvalue weighted by molar-refractivity contribution is 8.10. The molecule has 0 saturated heterocycles. The van der Waals surface area contributed by atoms with E-state index in [4.69, 9.17) is 0 Å². The van der Waals surface area contributed by atoms with Crippen molar-refractivity contribution < 1.29 is 13.2 Å². The van der Waals surface area contributed by atoms with Crippen LogP contribution in [-0.4, -0.2) is 28.5 Å². The molecule has 5 nitrogen and oxygen atoms in total. The van der Waals surface area contributed by atoms with Gasteiger partial charge in [-0.05, 0) is 23.1 Å². The molecule has 1 aliphatic rings. The van der Waals surface area contributed by atoms with Crippen molar-refractivity contribution in [1.82, 2.24) is 4.72 Å². The third-order valence-electron chi connectivity index (χ3n) is 3.38. The van der Waals surface area contributed by atoms with Gasteiger partial charge >= 0.3 is 0 Å². The Labute approximate surface area is 114 Å². The summed E-state index contributed by atoms with van der Waals surface area (Å²) in [4.78, 5) is 13.4. The van der Waals surface area contributed by atoms with Crippen LogP contribution in [0, 0.1) is 0 Å². The van der Waals surface area contributed by atoms with Gasteiger partial charge in [0, 0.05) is 25.7 Å². The van der Waals surface area contributed by atoms with E-state index in [1.807, 2.05) is 25.1 Å². The van der Waals surface area contributed by atoms with Gasteiger partial charge in [-0.1, -0.05) is 19.1 Å². The van der Waals surface area contributed by atoms with E-state index in [1.54, 1.807) is 11.9 Å². The first kappa shape index (κ1) is 14.1. The number of amides is 1. The SMILES string of the molecule is BS(=O)(=O)NCc1ccc2c(c1)C(C)CC(=O)N2C. The van der Waals surface area contributed by atoms with Gasteiger partial charge in [0.1, 0.15) is 0 Å². The number of nitrogens with one attached hydrogen (secondary N) is 1. The number of carbonyl (C=O) groups excluding carboxylic acids is 1. The van der Waals surface area contributed by atoms with Crippen molar-refractivity contribution in [3.05, 3.63) is 29.3 Å². The summed E-state index contributed by atoms with van der Waals surface area (Å²) in [6.45, 7) is 2.29.